The van der Waals surface area contributed by atoms with E-state index in [1.54, 1.807) is 7.11 Å². The largest absolute Gasteiger partial charge is 0.397 e. The van der Waals surface area contributed by atoms with Crippen LogP contribution in [-0.4, -0.2) is 7.11 Å². The summed E-state index contributed by atoms with van der Waals surface area (Å²) in [7, 11) is 1.58. The van der Waals surface area contributed by atoms with Crippen molar-refractivity contribution < 1.29 is 4.84 Å². The van der Waals surface area contributed by atoms with Gasteiger partial charge in [0.25, 0.3) is 0 Å². The fourth-order valence-electron chi connectivity index (χ4n) is 1.56. The van der Waals surface area contributed by atoms with E-state index < -0.39 is 0 Å². The van der Waals surface area contributed by atoms with Gasteiger partial charge in [0.1, 0.15) is 0 Å². The Labute approximate surface area is 96.3 Å². The summed E-state index contributed by atoms with van der Waals surface area (Å²) < 4.78 is 0.862. The van der Waals surface area contributed by atoms with Crippen molar-refractivity contribution in [1.29, 1.82) is 0 Å². The summed E-state index contributed by atoms with van der Waals surface area (Å²) in [6.07, 6.45) is 0. The maximum Gasteiger partial charge on any atom is 0.0695 e. The average molecular weight is 267 g/mol. The van der Waals surface area contributed by atoms with Crippen LogP contribution in [-0.2, 0) is 4.84 Å². The van der Waals surface area contributed by atoms with Gasteiger partial charge in [0.15, 0.2) is 0 Å². The molecule has 3 nitrogen and oxygen atoms in total. The molecule has 2 aromatic rings. The van der Waals surface area contributed by atoms with Crippen LogP contribution in [0, 0.1) is 0 Å². The molecule has 78 valence electrons. The van der Waals surface area contributed by atoms with Gasteiger partial charge in [-0.05, 0) is 22.0 Å². The molecule has 0 spiro atoms. The van der Waals surface area contributed by atoms with Gasteiger partial charge in [0.05, 0.1) is 18.5 Å². The van der Waals surface area contributed by atoms with Crippen LogP contribution in [0.1, 0.15) is 0 Å². The quantitative estimate of drug-likeness (QED) is 0.649. The van der Waals surface area contributed by atoms with Crippen molar-refractivity contribution in [2.45, 2.75) is 0 Å². The number of nitrogens with one attached hydrogen (secondary N) is 1. The lowest BCUT2D eigenvalue weighted by molar-refractivity contribution is 0.271. The van der Waals surface area contributed by atoms with Crippen molar-refractivity contribution in [2.75, 3.05) is 18.3 Å². The summed E-state index contributed by atoms with van der Waals surface area (Å²) >= 11 is 3.42. The van der Waals surface area contributed by atoms with Gasteiger partial charge in [-0.1, -0.05) is 24.3 Å². The third-order valence-electron chi connectivity index (χ3n) is 2.25. The molecule has 2 rings (SSSR count). The van der Waals surface area contributed by atoms with E-state index in [1.165, 1.54) is 0 Å². The van der Waals surface area contributed by atoms with Gasteiger partial charge in [-0.3, -0.25) is 10.3 Å². The molecule has 0 fully saturated rings. The van der Waals surface area contributed by atoms with Gasteiger partial charge in [-0.2, -0.15) is 0 Å². The molecule has 0 saturated heterocycles. The van der Waals surface area contributed by atoms with E-state index in [0.29, 0.717) is 0 Å². The first kappa shape index (κ1) is 10.3. The Balaban J connectivity index is 2.76. The molecular formula is C11H11BrN2O. The maximum atomic E-state index is 5.97. The van der Waals surface area contributed by atoms with Gasteiger partial charge in [0, 0.05) is 15.2 Å². The molecule has 0 aliphatic rings. The monoisotopic (exact) mass is 266 g/mol. The first-order valence-corrected chi connectivity index (χ1v) is 5.29. The highest BCUT2D eigenvalue weighted by Gasteiger charge is 2.07. The number of fused-ring (bicyclic) bond motifs is 1. The minimum atomic E-state index is 0.743. The van der Waals surface area contributed by atoms with E-state index in [2.05, 4.69) is 21.4 Å². The van der Waals surface area contributed by atoms with Crippen molar-refractivity contribution in [3.05, 3.63) is 34.8 Å². The van der Waals surface area contributed by atoms with Crippen molar-refractivity contribution in [2.24, 2.45) is 0 Å². The summed E-state index contributed by atoms with van der Waals surface area (Å²) in [4.78, 5) is 4.92. The zero-order chi connectivity index (χ0) is 10.8. The fourth-order valence-corrected chi connectivity index (χ4v) is 2.00. The number of nitrogens with two attached hydrogens (primary N) is 1. The minimum Gasteiger partial charge on any atom is -0.397 e. The standard InChI is InChI=1S/C11H11BrN2O/c1-15-14-10-6-9(12)11(13)8-5-3-2-4-7(8)10/h2-6,14H,13H2,1H3. The molecule has 0 radical (unpaired) electrons. The topological polar surface area (TPSA) is 47.3 Å². The van der Waals surface area contributed by atoms with Crippen LogP contribution in [0.15, 0.2) is 34.8 Å². The Kier molecular flexibility index (Phi) is 2.79. The second-order valence-corrected chi connectivity index (χ2v) is 4.03. The van der Waals surface area contributed by atoms with Crippen LogP contribution < -0.4 is 11.2 Å². The maximum absolute atomic E-state index is 5.97. The summed E-state index contributed by atoms with van der Waals surface area (Å²) in [5, 5.41) is 2.05. The Hall–Kier alpha value is -1.26. The molecule has 4 heteroatoms. The number of nitrogen functional groups attached to an aromatic ring is 1. The number of rotatable bonds is 2. The Morgan fingerprint density at radius 1 is 1.27 bits per heavy atom. The zero-order valence-corrected chi connectivity index (χ0v) is 9.84. The molecule has 15 heavy (non-hydrogen) atoms. The SMILES string of the molecule is CONc1cc(Br)c(N)c2ccccc12. The van der Waals surface area contributed by atoms with Crippen molar-refractivity contribution >= 4 is 38.1 Å². The molecular weight excluding hydrogens is 256 g/mol. The molecule has 0 unspecified atom stereocenters. The second-order valence-electron chi connectivity index (χ2n) is 3.17. The Bertz CT molecular complexity index is 499. The van der Waals surface area contributed by atoms with Crippen LogP contribution in [0.2, 0.25) is 0 Å². The lowest BCUT2D eigenvalue weighted by atomic mass is 10.1. The van der Waals surface area contributed by atoms with E-state index in [4.69, 9.17) is 10.6 Å². The van der Waals surface area contributed by atoms with Crippen LogP contribution >= 0.6 is 15.9 Å². The Morgan fingerprint density at radius 2 is 1.93 bits per heavy atom. The van der Waals surface area contributed by atoms with Crippen LogP contribution in [0.4, 0.5) is 11.4 Å². The lowest BCUT2D eigenvalue weighted by Crippen LogP contribution is -1.98. The number of hydrogen-bond donors (Lipinski definition) is 2. The van der Waals surface area contributed by atoms with Gasteiger partial charge in [-0.25, -0.2) is 0 Å². The van der Waals surface area contributed by atoms with Crippen molar-refractivity contribution in [3.8, 4) is 0 Å². The second kappa shape index (κ2) is 4.08. The highest BCUT2D eigenvalue weighted by Crippen LogP contribution is 2.34. The van der Waals surface area contributed by atoms with Crippen molar-refractivity contribution in [3.63, 3.8) is 0 Å². The van der Waals surface area contributed by atoms with E-state index >= 15 is 0 Å². The minimum absolute atomic E-state index is 0.743. The van der Waals surface area contributed by atoms with Crippen LogP contribution in [0.5, 0.6) is 0 Å². The van der Waals surface area contributed by atoms with Gasteiger partial charge < -0.3 is 5.73 Å². The molecule has 0 saturated carbocycles. The van der Waals surface area contributed by atoms with E-state index in [1.807, 2.05) is 30.3 Å². The predicted molar refractivity (Wildman–Crippen MR) is 66.7 cm³/mol. The molecule has 0 aliphatic carbocycles. The third-order valence-corrected chi connectivity index (χ3v) is 2.90. The summed E-state index contributed by atoms with van der Waals surface area (Å²) in [6.45, 7) is 0. The molecule has 3 N–H and O–H groups in total. The van der Waals surface area contributed by atoms with Gasteiger partial charge >= 0.3 is 0 Å². The van der Waals surface area contributed by atoms with E-state index in [9.17, 15) is 0 Å². The fraction of sp³-hybridized carbons (Fsp3) is 0.0909. The molecule has 2 aromatic carbocycles. The van der Waals surface area contributed by atoms with E-state index in [0.717, 1.165) is 26.6 Å². The first-order chi connectivity index (χ1) is 7.24. The third kappa shape index (κ3) is 1.78. The van der Waals surface area contributed by atoms with E-state index in [-0.39, 0.29) is 0 Å². The number of hydrogen-bond acceptors (Lipinski definition) is 3. The summed E-state index contributed by atoms with van der Waals surface area (Å²) in [5.74, 6) is 0. The molecule has 0 aromatic heterocycles. The number of halogens is 1. The summed E-state index contributed by atoms with van der Waals surface area (Å²) in [5.41, 5.74) is 10.4. The lowest BCUT2D eigenvalue weighted by Gasteiger charge is -2.11. The smallest absolute Gasteiger partial charge is 0.0695 e. The molecule has 0 heterocycles. The molecule has 0 bridgehead atoms. The highest BCUT2D eigenvalue weighted by atomic mass is 79.9. The average Bonchev–Trinajstić information content (AvgIpc) is 2.26. The first-order valence-electron chi connectivity index (χ1n) is 4.49. The zero-order valence-electron chi connectivity index (χ0n) is 8.25. The number of benzene rings is 2. The highest BCUT2D eigenvalue weighted by molar-refractivity contribution is 9.10. The predicted octanol–water partition coefficient (Wildman–Crippen LogP) is 3.16. The molecule has 0 atom stereocenters. The molecule has 0 amide bonds. The number of anilines is 2. The van der Waals surface area contributed by atoms with Gasteiger partial charge in [-0.15, -0.1) is 0 Å². The van der Waals surface area contributed by atoms with Crippen LogP contribution in [0.25, 0.3) is 10.8 Å². The molecule has 0 aliphatic heterocycles. The van der Waals surface area contributed by atoms with Crippen LogP contribution in [0.3, 0.4) is 0 Å². The Morgan fingerprint density at radius 3 is 2.60 bits per heavy atom. The van der Waals surface area contributed by atoms with Gasteiger partial charge in [0.2, 0.25) is 0 Å². The van der Waals surface area contributed by atoms with Crippen molar-refractivity contribution in [1.82, 2.24) is 0 Å². The normalized spacial score (nSPS) is 10.5. The summed E-state index contributed by atoms with van der Waals surface area (Å²) in [6, 6.07) is 9.81.